The highest BCUT2D eigenvalue weighted by Crippen LogP contribution is 2.26. The van der Waals surface area contributed by atoms with E-state index in [1.807, 2.05) is 30.3 Å². The third kappa shape index (κ3) is 3.23. The van der Waals surface area contributed by atoms with Gasteiger partial charge in [0.05, 0.1) is 0 Å². The Bertz CT molecular complexity index is 581. The van der Waals surface area contributed by atoms with Crippen molar-refractivity contribution in [3.63, 3.8) is 0 Å². The van der Waals surface area contributed by atoms with Crippen LogP contribution in [-0.2, 0) is 11.3 Å². The van der Waals surface area contributed by atoms with Crippen molar-refractivity contribution in [2.75, 3.05) is 13.6 Å². The zero-order valence-corrected chi connectivity index (χ0v) is 10.9. The van der Waals surface area contributed by atoms with Gasteiger partial charge in [-0.2, -0.15) is 0 Å². The Morgan fingerprint density at radius 3 is 2.79 bits per heavy atom. The van der Waals surface area contributed by atoms with E-state index in [0.717, 1.165) is 16.3 Å². The van der Waals surface area contributed by atoms with Crippen LogP contribution < -0.4 is 10.6 Å². The minimum absolute atomic E-state index is 0.00893. The third-order valence-corrected chi connectivity index (χ3v) is 3.13. The Kier molecular flexibility index (Phi) is 4.36. The summed E-state index contributed by atoms with van der Waals surface area (Å²) >= 11 is 0. The number of fused-ring (bicyclic) bond motifs is 1. The van der Waals surface area contributed by atoms with E-state index in [2.05, 4.69) is 10.6 Å². The molecule has 0 bridgehead atoms. The van der Waals surface area contributed by atoms with Crippen LogP contribution >= 0.6 is 0 Å². The highest BCUT2D eigenvalue weighted by Gasteiger charge is 2.06. The molecule has 0 saturated carbocycles. The molecule has 4 nitrogen and oxygen atoms in total. The molecule has 0 saturated heterocycles. The van der Waals surface area contributed by atoms with Crippen LogP contribution in [-0.4, -0.2) is 24.6 Å². The molecule has 0 aromatic heterocycles. The fourth-order valence-corrected chi connectivity index (χ4v) is 2.05. The first kappa shape index (κ1) is 13.4. The summed E-state index contributed by atoms with van der Waals surface area (Å²) in [4.78, 5) is 11.1. The lowest BCUT2D eigenvalue weighted by atomic mass is 10.0. The number of rotatable bonds is 5. The molecule has 3 N–H and O–H groups in total. The van der Waals surface area contributed by atoms with Crippen LogP contribution in [0, 0.1) is 0 Å². The zero-order chi connectivity index (χ0) is 13.7. The molecule has 2 rings (SSSR count). The molecule has 0 unspecified atom stereocenters. The molecule has 0 heterocycles. The predicted octanol–water partition coefficient (Wildman–Crippen LogP) is 1.77. The van der Waals surface area contributed by atoms with Crippen molar-refractivity contribution in [3.8, 4) is 5.75 Å². The van der Waals surface area contributed by atoms with Crippen molar-refractivity contribution in [1.29, 1.82) is 0 Å². The number of hydrogen-bond acceptors (Lipinski definition) is 3. The Hall–Kier alpha value is -2.07. The number of hydrogen-bond donors (Lipinski definition) is 3. The zero-order valence-electron chi connectivity index (χ0n) is 10.9. The van der Waals surface area contributed by atoms with Crippen molar-refractivity contribution >= 4 is 16.7 Å². The van der Waals surface area contributed by atoms with Gasteiger partial charge in [-0.3, -0.25) is 4.79 Å². The Balaban J connectivity index is 2.07. The summed E-state index contributed by atoms with van der Waals surface area (Å²) in [7, 11) is 1.62. The van der Waals surface area contributed by atoms with Gasteiger partial charge in [-0.15, -0.1) is 0 Å². The average Bonchev–Trinajstić information content (AvgIpc) is 2.45. The van der Waals surface area contributed by atoms with E-state index < -0.39 is 0 Å². The first-order chi connectivity index (χ1) is 9.22. The number of nitrogens with one attached hydrogen (secondary N) is 2. The maximum Gasteiger partial charge on any atom is 0.221 e. The van der Waals surface area contributed by atoms with Gasteiger partial charge in [0.15, 0.2) is 0 Å². The second kappa shape index (κ2) is 6.20. The Morgan fingerprint density at radius 2 is 2.00 bits per heavy atom. The summed E-state index contributed by atoms with van der Waals surface area (Å²) in [5, 5.41) is 17.8. The molecule has 1 amide bonds. The monoisotopic (exact) mass is 258 g/mol. The summed E-state index contributed by atoms with van der Waals surface area (Å²) < 4.78 is 0. The number of amides is 1. The summed E-state index contributed by atoms with van der Waals surface area (Å²) in [6.45, 7) is 1.13. The standard InChI is InChI=1S/C15H18N2O2/c1-16-15(19)8-9-17-10-13-12-5-3-2-4-11(12)6-7-14(13)18/h2-7,17-18H,8-10H2,1H3,(H,16,19). The SMILES string of the molecule is CNC(=O)CCNCc1c(O)ccc2ccccc12. The minimum Gasteiger partial charge on any atom is -0.508 e. The largest absolute Gasteiger partial charge is 0.508 e. The van der Waals surface area contributed by atoms with Crippen LogP contribution in [0.3, 0.4) is 0 Å². The molecule has 100 valence electrons. The van der Waals surface area contributed by atoms with Gasteiger partial charge < -0.3 is 15.7 Å². The number of aromatic hydroxyl groups is 1. The number of benzene rings is 2. The predicted molar refractivity (Wildman–Crippen MR) is 76.0 cm³/mol. The van der Waals surface area contributed by atoms with E-state index in [4.69, 9.17) is 0 Å². The lowest BCUT2D eigenvalue weighted by molar-refractivity contribution is -0.120. The maximum atomic E-state index is 11.1. The number of carbonyl (C=O) groups is 1. The van der Waals surface area contributed by atoms with Crippen LogP contribution in [0.1, 0.15) is 12.0 Å². The smallest absolute Gasteiger partial charge is 0.221 e. The van der Waals surface area contributed by atoms with Crippen LogP contribution in [0.2, 0.25) is 0 Å². The number of carbonyl (C=O) groups excluding carboxylic acids is 1. The fraction of sp³-hybridized carbons (Fsp3) is 0.267. The van der Waals surface area contributed by atoms with Gasteiger partial charge in [-0.25, -0.2) is 0 Å². The molecule has 0 radical (unpaired) electrons. The van der Waals surface area contributed by atoms with Crippen molar-refractivity contribution < 1.29 is 9.90 Å². The van der Waals surface area contributed by atoms with Gasteiger partial charge in [-0.1, -0.05) is 30.3 Å². The van der Waals surface area contributed by atoms with Gasteiger partial charge >= 0.3 is 0 Å². The van der Waals surface area contributed by atoms with Gasteiger partial charge in [0.25, 0.3) is 0 Å². The van der Waals surface area contributed by atoms with Crippen LogP contribution in [0.5, 0.6) is 5.75 Å². The second-order valence-corrected chi connectivity index (χ2v) is 4.38. The molecule has 2 aromatic carbocycles. The molecule has 4 heteroatoms. The van der Waals surface area contributed by atoms with Gasteiger partial charge in [0.1, 0.15) is 5.75 Å². The molecule has 0 aliphatic carbocycles. The van der Waals surface area contributed by atoms with Gasteiger partial charge in [-0.05, 0) is 16.8 Å². The lowest BCUT2D eigenvalue weighted by Crippen LogP contribution is -2.24. The summed E-state index contributed by atoms with van der Waals surface area (Å²) in [6, 6.07) is 11.5. The maximum absolute atomic E-state index is 11.1. The quantitative estimate of drug-likeness (QED) is 0.716. The molecule has 19 heavy (non-hydrogen) atoms. The summed E-state index contributed by atoms with van der Waals surface area (Å²) in [5.41, 5.74) is 0.870. The van der Waals surface area contributed by atoms with Crippen LogP contribution in [0.25, 0.3) is 10.8 Å². The van der Waals surface area contributed by atoms with Gasteiger partial charge in [0, 0.05) is 32.1 Å². The van der Waals surface area contributed by atoms with E-state index in [-0.39, 0.29) is 11.7 Å². The van der Waals surface area contributed by atoms with E-state index in [1.165, 1.54) is 0 Å². The van der Waals surface area contributed by atoms with Crippen LogP contribution in [0.15, 0.2) is 36.4 Å². The highest BCUT2D eigenvalue weighted by molar-refractivity contribution is 5.87. The van der Waals surface area contributed by atoms with Crippen molar-refractivity contribution in [1.82, 2.24) is 10.6 Å². The van der Waals surface area contributed by atoms with Crippen molar-refractivity contribution in [3.05, 3.63) is 42.0 Å². The van der Waals surface area contributed by atoms with Crippen LogP contribution in [0.4, 0.5) is 0 Å². The van der Waals surface area contributed by atoms with E-state index in [1.54, 1.807) is 13.1 Å². The van der Waals surface area contributed by atoms with E-state index >= 15 is 0 Å². The molecule has 0 fully saturated rings. The lowest BCUT2D eigenvalue weighted by Gasteiger charge is -2.10. The number of phenolic OH excluding ortho intramolecular Hbond substituents is 1. The topological polar surface area (TPSA) is 61.4 Å². The Morgan fingerprint density at radius 1 is 1.21 bits per heavy atom. The second-order valence-electron chi connectivity index (χ2n) is 4.38. The highest BCUT2D eigenvalue weighted by atomic mass is 16.3. The molecule has 0 aliphatic heterocycles. The molecular formula is C15H18N2O2. The molecule has 0 aliphatic rings. The average molecular weight is 258 g/mol. The summed E-state index contributed by atoms with van der Waals surface area (Å²) in [5.74, 6) is 0.292. The molecular weight excluding hydrogens is 240 g/mol. The normalized spacial score (nSPS) is 10.6. The van der Waals surface area contributed by atoms with E-state index in [0.29, 0.717) is 19.5 Å². The molecule has 0 spiro atoms. The van der Waals surface area contributed by atoms with Crippen molar-refractivity contribution in [2.24, 2.45) is 0 Å². The van der Waals surface area contributed by atoms with Gasteiger partial charge in [0.2, 0.25) is 5.91 Å². The molecule has 2 aromatic rings. The summed E-state index contributed by atoms with van der Waals surface area (Å²) in [6.07, 6.45) is 0.433. The fourth-order valence-electron chi connectivity index (χ4n) is 2.05. The first-order valence-electron chi connectivity index (χ1n) is 6.33. The molecule has 0 atom stereocenters. The number of phenols is 1. The third-order valence-electron chi connectivity index (χ3n) is 3.13. The van der Waals surface area contributed by atoms with E-state index in [9.17, 15) is 9.90 Å². The Labute approximate surface area is 112 Å². The van der Waals surface area contributed by atoms with Crippen molar-refractivity contribution in [2.45, 2.75) is 13.0 Å². The first-order valence-corrected chi connectivity index (χ1v) is 6.33. The minimum atomic E-state index is 0.00893.